The number of hydrogen-bond donors (Lipinski definition) is 3. The van der Waals surface area contributed by atoms with Crippen LogP contribution in [0.2, 0.25) is 20.1 Å². The van der Waals surface area contributed by atoms with E-state index in [4.69, 9.17) is 46.4 Å². The zero-order valence-electron chi connectivity index (χ0n) is 14.3. The summed E-state index contributed by atoms with van der Waals surface area (Å²) in [5, 5.41) is 20.8. The minimum atomic E-state index is -5.06. The van der Waals surface area contributed by atoms with Gasteiger partial charge in [0.15, 0.2) is 4.75 Å². The van der Waals surface area contributed by atoms with Crippen LogP contribution in [-0.2, 0) is 14.9 Å². The molecule has 152 valence electrons. The molecule has 3 aromatic rings. The fourth-order valence-corrected chi connectivity index (χ4v) is 5.10. The molecule has 0 saturated heterocycles. The van der Waals surface area contributed by atoms with Crippen LogP contribution in [0.3, 0.4) is 0 Å². The van der Waals surface area contributed by atoms with Gasteiger partial charge in [0.05, 0.1) is 15.1 Å². The summed E-state index contributed by atoms with van der Waals surface area (Å²) in [6.45, 7) is 0. The van der Waals surface area contributed by atoms with Crippen molar-refractivity contribution in [3.8, 4) is 11.5 Å². The molecule has 1 atom stereocenters. The minimum Gasteiger partial charge on any atom is -0.508 e. The van der Waals surface area contributed by atoms with Gasteiger partial charge in [-0.2, -0.15) is 8.42 Å². The molecule has 3 rings (SSSR count). The summed E-state index contributed by atoms with van der Waals surface area (Å²) in [5.74, 6) is -1.08. The van der Waals surface area contributed by atoms with Gasteiger partial charge in [0.25, 0.3) is 10.1 Å². The summed E-state index contributed by atoms with van der Waals surface area (Å²) in [6, 6.07) is 11.5. The van der Waals surface area contributed by atoms with Crippen molar-refractivity contribution in [2.45, 2.75) is 4.75 Å². The molecule has 29 heavy (non-hydrogen) atoms. The predicted molar refractivity (Wildman–Crippen MR) is 114 cm³/mol. The van der Waals surface area contributed by atoms with Crippen molar-refractivity contribution < 1.29 is 23.2 Å². The zero-order valence-corrected chi connectivity index (χ0v) is 18.1. The molecule has 3 aromatic carbocycles. The normalized spacial score (nSPS) is 13.8. The minimum absolute atomic E-state index is 0.0110. The fraction of sp³-hybridized carbons (Fsp3) is 0.0526. The van der Waals surface area contributed by atoms with Gasteiger partial charge in [-0.25, -0.2) is 0 Å². The van der Waals surface area contributed by atoms with E-state index >= 15 is 0 Å². The fourth-order valence-electron chi connectivity index (χ4n) is 3.17. The largest absolute Gasteiger partial charge is 0.508 e. The quantitative estimate of drug-likeness (QED) is 0.239. The Bertz CT molecular complexity index is 1200. The summed E-state index contributed by atoms with van der Waals surface area (Å²) in [7, 11) is -5.06. The van der Waals surface area contributed by atoms with Crippen LogP contribution in [0.5, 0.6) is 11.5 Å². The first kappa shape index (κ1) is 22.0. The maximum Gasteiger partial charge on any atom is 0.283 e. The van der Waals surface area contributed by atoms with Crippen LogP contribution < -0.4 is 0 Å². The molecule has 0 aliphatic heterocycles. The lowest BCUT2D eigenvalue weighted by molar-refractivity contribution is 0.435. The molecule has 0 amide bonds. The average molecular weight is 494 g/mol. The maximum atomic E-state index is 12.9. The SMILES string of the molecule is O=S(=O)(O)C(c1ccc(Cl)cc1)(c1ccc(Cl)c(Cl)c1)c1cc(O)cc(Cl)c1O. The second kappa shape index (κ2) is 7.87. The first-order valence-electron chi connectivity index (χ1n) is 7.89. The van der Waals surface area contributed by atoms with Gasteiger partial charge in [0.1, 0.15) is 11.5 Å². The monoisotopic (exact) mass is 492 g/mol. The number of phenolic OH excluding ortho intramolecular Hbond substituents is 2. The first-order chi connectivity index (χ1) is 13.5. The Morgan fingerprint density at radius 3 is 1.86 bits per heavy atom. The summed E-state index contributed by atoms with van der Waals surface area (Å²) >= 11 is 24.0. The van der Waals surface area contributed by atoms with E-state index in [9.17, 15) is 23.2 Å². The Morgan fingerprint density at radius 1 is 0.724 bits per heavy atom. The molecule has 0 spiro atoms. The lowest BCUT2D eigenvalue weighted by atomic mass is 9.83. The molecule has 3 N–H and O–H groups in total. The standard InChI is InChI=1S/C19H12Cl4O5S/c20-12-4-1-10(2-5-12)19(29(26,27)28,11-3-6-15(21)16(22)7-11)14-8-13(24)9-17(23)18(14)25/h1-9,24-25H,(H,26,27,28). The van der Waals surface area contributed by atoms with E-state index in [-0.39, 0.29) is 31.8 Å². The molecule has 0 fully saturated rings. The Balaban J connectivity index is 2.58. The van der Waals surface area contributed by atoms with Gasteiger partial charge in [-0.05, 0) is 41.5 Å². The maximum absolute atomic E-state index is 12.9. The number of rotatable bonds is 4. The second-order valence-corrected chi connectivity index (χ2v) is 9.34. The lowest BCUT2D eigenvalue weighted by Gasteiger charge is -2.33. The highest BCUT2D eigenvalue weighted by molar-refractivity contribution is 7.87. The van der Waals surface area contributed by atoms with Gasteiger partial charge in [0, 0.05) is 16.7 Å². The topological polar surface area (TPSA) is 94.8 Å². The van der Waals surface area contributed by atoms with Crippen LogP contribution in [0.15, 0.2) is 54.6 Å². The molecule has 0 saturated carbocycles. The Labute approximate surface area is 186 Å². The number of phenols is 2. The van der Waals surface area contributed by atoms with E-state index in [1.165, 1.54) is 42.5 Å². The summed E-state index contributed by atoms with van der Waals surface area (Å²) in [5.41, 5.74) is -0.417. The smallest absolute Gasteiger partial charge is 0.283 e. The third kappa shape index (κ3) is 3.77. The molecule has 10 heteroatoms. The number of benzene rings is 3. The van der Waals surface area contributed by atoms with Crippen molar-refractivity contribution in [2.24, 2.45) is 0 Å². The molecule has 0 bridgehead atoms. The number of halogens is 4. The highest BCUT2D eigenvalue weighted by Crippen LogP contribution is 2.50. The zero-order chi connectivity index (χ0) is 21.6. The third-order valence-electron chi connectivity index (χ3n) is 4.39. The summed E-state index contributed by atoms with van der Waals surface area (Å²) in [6.07, 6.45) is 0. The van der Waals surface area contributed by atoms with Gasteiger partial charge >= 0.3 is 0 Å². The lowest BCUT2D eigenvalue weighted by Crippen LogP contribution is -2.38. The van der Waals surface area contributed by atoms with Crippen molar-refractivity contribution in [3.63, 3.8) is 0 Å². The van der Waals surface area contributed by atoms with Crippen molar-refractivity contribution in [2.75, 3.05) is 0 Å². The van der Waals surface area contributed by atoms with Crippen molar-refractivity contribution in [3.05, 3.63) is 91.4 Å². The molecule has 0 aliphatic rings. The van der Waals surface area contributed by atoms with Crippen molar-refractivity contribution >= 4 is 56.5 Å². The Morgan fingerprint density at radius 2 is 1.31 bits per heavy atom. The Kier molecular flexibility index (Phi) is 5.98. The molecular weight excluding hydrogens is 482 g/mol. The van der Waals surface area contributed by atoms with Crippen LogP contribution in [0, 0.1) is 0 Å². The molecular formula is C19H12Cl4O5S. The molecule has 1 unspecified atom stereocenters. The van der Waals surface area contributed by atoms with E-state index in [2.05, 4.69) is 0 Å². The van der Waals surface area contributed by atoms with E-state index in [0.717, 1.165) is 12.1 Å². The average Bonchev–Trinajstić information content (AvgIpc) is 2.62. The van der Waals surface area contributed by atoms with Crippen LogP contribution in [-0.4, -0.2) is 23.2 Å². The molecule has 0 aromatic heterocycles. The van der Waals surface area contributed by atoms with Gasteiger partial charge in [-0.3, -0.25) is 4.55 Å². The predicted octanol–water partition coefficient (Wildman–Crippen LogP) is 5.89. The molecule has 5 nitrogen and oxygen atoms in total. The van der Waals surface area contributed by atoms with Crippen molar-refractivity contribution in [1.29, 1.82) is 0 Å². The summed E-state index contributed by atoms with van der Waals surface area (Å²) < 4.78 is 33.9. The van der Waals surface area contributed by atoms with Crippen LogP contribution in [0.25, 0.3) is 0 Å². The van der Waals surface area contributed by atoms with E-state index in [0.29, 0.717) is 5.02 Å². The van der Waals surface area contributed by atoms with E-state index in [1.54, 1.807) is 0 Å². The van der Waals surface area contributed by atoms with Gasteiger partial charge in [-0.15, -0.1) is 0 Å². The second-order valence-electron chi connectivity index (χ2n) is 6.12. The first-order valence-corrected chi connectivity index (χ1v) is 10.8. The van der Waals surface area contributed by atoms with E-state index in [1.807, 2.05) is 0 Å². The number of aromatic hydroxyl groups is 2. The number of hydrogen-bond acceptors (Lipinski definition) is 4. The Hall–Kier alpha value is -1.67. The van der Waals surface area contributed by atoms with Crippen LogP contribution in [0.1, 0.15) is 16.7 Å². The highest BCUT2D eigenvalue weighted by Gasteiger charge is 2.50. The van der Waals surface area contributed by atoms with Crippen LogP contribution in [0.4, 0.5) is 0 Å². The molecule has 0 aliphatic carbocycles. The van der Waals surface area contributed by atoms with E-state index < -0.39 is 26.4 Å². The van der Waals surface area contributed by atoms with Crippen molar-refractivity contribution in [1.82, 2.24) is 0 Å². The van der Waals surface area contributed by atoms with Gasteiger partial charge in [0.2, 0.25) is 0 Å². The summed E-state index contributed by atoms with van der Waals surface area (Å²) in [4.78, 5) is 0. The van der Waals surface area contributed by atoms with Crippen LogP contribution >= 0.6 is 46.4 Å². The molecule has 0 heterocycles. The highest BCUT2D eigenvalue weighted by atomic mass is 35.5. The van der Waals surface area contributed by atoms with Gasteiger partial charge < -0.3 is 10.2 Å². The van der Waals surface area contributed by atoms with Gasteiger partial charge in [-0.1, -0.05) is 64.6 Å². The molecule has 0 radical (unpaired) electrons. The third-order valence-corrected chi connectivity index (χ3v) is 7.14.